The van der Waals surface area contributed by atoms with Crippen LogP contribution in [0.4, 0.5) is 0 Å². The molecule has 3 heterocycles. The van der Waals surface area contributed by atoms with Crippen molar-refractivity contribution in [3.63, 3.8) is 0 Å². The number of ketones is 1. The molecule has 162 valence electrons. The van der Waals surface area contributed by atoms with Gasteiger partial charge in [0.25, 0.3) is 0 Å². The first-order chi connectivity index (χ1) is 14.9. The van der Waals surface area contributed by atoms with Gasteiger partial charge in [-0.2, -0.15) is 0 Å². The van der Waals surface area contributed by atoms with Crippen LogP contribution in [0.2, 0.25) is 0 Å². The van der Waals surface area contributed by atoms with Crippen molar-refractivity contribution in [3.8, 4) is 5.75 Å². The predicted octanol–water partition coefficient (Wildman–Crippen LogP) is 0.950. The van der Waals surface area contributed by atoms with E-state index in [9.17, 15) is 14.7 Å². The highest BCUT2D eigenvalue weighted by Crippen LogP contribution is 2.39. The van der Waals surface area contributed by atoms with E-state index in [1.54, 1.807) is 36.4 Å². The molecule has 8 nitrogen and oxygen atoms in total. The Balaban J connectivity index is 1.73. The van der Waals surface area contributed by atoms with Crippen LogP contribution in [0.5, 0.6) is 5.75 Å². The minimum absolute atomic E-state index is 0.0215. The molecule has 1 aromatic carbocycles. The first-order valence-corrected chi connectivity index (χ1v) is 10.1. The van der Waals surface area contributed by atoms with Crippen LogP contribution in [0.15, 0.2) is 62.8 Å². The van der Waals surface area contributed by atoms with Crippen LogP contribution in [0.3, 0.4) is 0 Å². The van der Waals surface area contributed by atoms with Gasteiger partial charge < -0.3 is 28.5 Å². The van der Waals surface area contributed by atoms with Crippen molar-refractivity contribution in [2.24, 2.45) is 0 Å². The number of amides is 1. The average Bonchev–Trinajstić information content (AvgIpc) is 3.47. The van der Waals surface area contributed by atoms with Crippen molar-refractivity contribution in [2.45, 2.75) is 12.5 Å². The second kappa shape index (κ2) is 8.31. The molecule has 0 spiro atoms. The standard InChI is InChI=1S/C23H24N2O6/c1-24(2)10-6-11-25-19(15-9-5-12-30-15)18(21(27)23(25)28)20(26)17-13-14-7-4-8-16(29-3)22(14)31-17/h4-5,7-9,12-13,19,27H,6,10-11H2,1-3H3. The number of benzene rings is 1. The highest BCUT2D eigenvalue weighted by Gasteiger charge is 2.41. The lowest BCUT2D eigenvalue weighted by Gasteiger charge is -2.25. The highest BCUT2D eigenvalue weighted by atomic mass is 16.5. The Kier molecular flexibility index (Phi) is 5.56. The molecule has 2 aromatic heterocycles. The van der Waals surface area contributed by atoms with Gasteiger partial charge in [0.15, 0.2) is 17.1 Å². The van der Waals surface area contributed by atoms with Gasteiger partial charge in [-0.15, -0.1) is 0 Å². The van der Waals surface area contributed by atoms with Crippen molar-refractivity contribution in [3.05, 3.63) is 65.5 Å². The number of furan rings is 2. The fourth-order valence-corrected chi connectivity index (χ4v) is 3.89. The van der Waals surface area contributed by atoms with Gasteiger partial charge in [0.1, 0.15) is 11.8 Å². The molecule has 3 aromatic rings. The molecule has 1 atom stereocenters. The van der Waals surface area contributed by atoms with E-state index in [0.717, 1.165) is 6.54 Å². The summed E-state index contributed by atoms with van der Waals surface area (Å²) in [6, 6.07) is 9.29. The summed E-state index contributed by atoms with van der Waals surface area (Å²) in [5.74, 6) is -1.33. The Hall–Kier alpha value is -3.52. The zero-order valence-corrected chi connectivity index (χ0v) is 17.6. The highest BCUT2D eigenvalue weighted by molar-refractivity contribution is 6.15. The molecular weight excluding hydrogens is 400 g/mol. The van der Waals surface area contributed by atoms with Crippen LogP contribution in [0.1, 0.15) is 28.8 Å². The molecule has 31 heavy (non-hydrogen) atoms. The summed E-state index contributed by atoms with van der Waals surface area (Å²) in [6.45, 7) is 1.15. The van der Waals surface area contributed by atoms with Gasteiger partial charge >= 0.3 is 0 Å². The van der Waals surface area contributed by atoms with Gasteiger partial charge in [0.05, 0.1) is 34.0 Å². The van der Waals surface area contributed by atoms with E-state index in [0.29, 0.717) is 35.4 Å². The van der Waals surface area contributed by atoms with Gasteiger partial charge in [0, 0.05) is 23.9 Å². The molecular formula is C23H24N2O6. The monoisotopic (exact) mass is 424 g/mol. The Labute approximate surface area is 179 Å². The van der Waals surface area contributed by atoms with E-state index >= 15 is 0 Å². The quantitative estimate of drug-likeness (QED) is 0.541. The predicted molar refractivity (Wildman–Crippen MR) is 110 cm³/mol. The van der Waals surface area contributed by atoms with Crippen molar-refractivity contribution < 1.29 is 33.2 Å². The number of ether oxygens (including phenoxy) is 1. The van der Waals surface area contributed by atoms with Gasteiger partial charge in [-0.25, -0.2) is 0 Å². The summed E-state index contributed by atoms with van der Waals surface area (Å²) in [7, 11) is 5.53. The molecule has 1 amide bonds. The first-order valence-electron chi connectivity index (χ1n) is 10.1. The third-order valence-electron chi connectivity index (χ3n) is 5.37. The van der Waals surface area contributed by atoms with E-state index in [2.05, 4.69) is 0 Å². The molecule has 0 saturated heterocycles. The SMILES string of the molecule is COc1cccc2cc(C(=O)C3=C([O-])C(=O)N(CCC[NH+](C)C)C3c3ccco3)oc12. The molecule has 0 saturated carbocycles. The van der Waals surface area contributed by atoms with E-state index in [4.69, 9.17) is 13.6 Å². The number of carbonyl (C=O) groups excluding carboxylic acids is 2. The molecule has 0 radical (unpaired) electrons. The molecule has 1 aliphatic rings. The zero-order chi connectivity index (χ0) is 22.1. The third-order valence-corrected chi connectivity index (χ3v) is 5.37. The molecule has 4 rings (SSSR count). The number of methoxy groups -OCH3 is 1. The van der Waals surface area contributed by atoms with E-state index in [-0.39, 0.29) is 11.3 Å². The van der Waals surface area contributed by atoms with E-state index < -0.39 is 23.5 Å². The van der Waals surface area contributed by atoms with Gasteiger partial charge in [-0.05, 0) is 30.0 Å². The van der Waals surface area contributed by atoms with Crippen molar-refractivity contribution in [1.82, 2.24) is 4.90 Å². The van der Waals surface area contributed by atoms with Crippen molar-refractivity contribution in [2.75, 3.05) is 34.3 Å². The van der Waals surface area contributed by atoms with Crippen LogP contribution >= 0.6 is 0 Å². The van der Waals surface area contributed by atoms with Crippen LogP contribution in [-0.2, 0) is 4.79 Å². The summed E-state index contributed by atoms with van der Waals surface area (Å²) in [4.78, 5) is 28.8. The number of quaternary nitrogens is 1. The number of nitrogens with zero attached hydrogens (tertiary/aromatic N) is 1. The second-order valence-corrected chi connectivity index (χ2v) is 7.79. The number of fused-ring (bicyclic) bond motifs is 1. The van der Waals surface area contributed by atoms with Crippen LogP contribution < -0.4 is 14.7 Å². The number of rotatable bonds is 8. The maximum absolute atomic E-state index is 13.4. The van der Waals surface area contributed by atoms with E-state index in [1.807, 2.05) is 14.1 Å². The normalized spacial score (nSPS) is 16.7. The lowest BCUT2D eigenvalue weighted by Crippen LogP contribution is -3.05. The minimum atomic E-state index is -0.880. The summed E-state index contributed by atoms with van der Waals surface area (Å²) in [5, 5.41) is 13.6. The zero-order valence-electron chi connectivity index (χ0n) is 17.6. The largest absolute Gasteiger partial charge is 0.868 e. The first kappa shape index (κ1) is 20.7. The van der Waals surface area contributed by atoms with Gasteiger partial charge in [-0.3, -0.25) is 9.59 Å². The summed E-state index contributed by atoms with van der Waals surface area (Å²) < 4.78 is 16.5. The number of hydrogen-bond donors (Lipinski definition) is 1. The third kappa shape index (κ3) is 3.70. The Morgan fingerprint density at radius 2 is 2.06 bits per heavy atom. The molecule has 1 unspecified atom stereocenters. The van der Waals surface area contributed by atoms with Crippen LogP contribution in [0.25, 0.3) is 11.0 Å². The molecule has 0 fully saturated rings. The van der Waals surface area contributed by atoms with Gasteiger partial charge in [0.2, 0.25) is 11.7 Å². The van der Waals surface area contributed by atoms with E-state index in [1.165, 1.54) is 23.2 Å². The summed E-state index contributed by atoms with van der Waals surface area (Å²) in [6.07, 6.45) is 2.14. The maximum Gasteiger partial charge on any atom is 0.240 e. The van der Waals surface area contributed by atoms with Gasteiger partial charge in [-0.1, -0.05) is 12.1 Å². The number of nitrogens with one attached hydrogen (secondary N) is 1. The smallest absolute Gasteiger partial charge is 0.240 e. The lowest BCUT2D eigenvalue weighted by atomic mass is 9.99. The lowest BCUT2D eigenvalue weighted by molar-refractivity contribution is -0.858. The number of carbonyl (C=O) groups is 2. The maximum atomic E-state index is 13.4. The Bertz CT molecular complexity index is 1140. The Morgan fingerprint density at radius 1 is 1.26 bits per heavy atom. The molecule has 0 bridgehead atoms. The number of hydrogen-bond acceptors (Lipinski definition) is 6. The second-order valence-electron chi connectivity index (χ2n) is 7.79. The average molecular weight is 424 g/mol. The fraction of sp³-hybridized carbons (Fsp3) is 0.304. The molecule has 8 heteroatoms. The molecule has 1 N–H and O–H groups in total. The van der Waals surface area contributed by atoms with Crippen LogP contribution in [-0.4, -0.2) is 50.9 Å². The fourth-order valence-electron chi connectivity index (χ4n) is 3.89. The van der Waals surface area contributed by atoms with Crippen molar-refractivity contribution in [1.29, 1.82) is 0 Å². The molecule has 1 aliphatic heterocycles. The number of para-hydroxylation sites is 1. The minimum Gasteiger partial charge on any atom is -0.868 e. The summed E-state index contributed by atoms with van der Waals surface area (Å²) in [5.41, 5.74) is 0.251. The van der Waals surface area contributed by atoms with Crippen molar-refractivity contribution >= 4 is 22.7 Å². The summed E-state index contributed by atoms with van der Waals surface area (Å²) >= 11 is 0. The topological polar surface area (TPSA) is 100 Å². The molecule has 0 aliphatic carbocycles. The number of Topliss-reactive ketones (excluding diaryl/α,β-unsaturated/α-hetero) is 1. The Morgan fingerprint density at radius 3 is 2.74 bits per heavy atom. The van der Waals surface area contributed by atoms with Crippen LogP contribution in [0, 0.1) is 0 Å².